The van der Waals surface area contributed by atoms with E-state index in [1.54, 1.807) is 41.8 Å². The molecule has 0 radical (unpaired) electrons. The average molecular weight is 619 g/mol. The molecule has 0 spiro atoms. The lowest BCUT2D eigenvalue weighted by atomic mass is 10.0. The monoisotopic (exact) mass is 618 g/mol. The highest BCUT2D eigenvalue weighted by Crippen LogP contribution is 2.28. The lowest BCUT2D eigenvalue weighted by Crippen LogP contribution is -2.39. The number of hydrogen-bond acceptors (Lipinski definition) is 7. The molecule has 9 nitrogen and oxygen atoms in total. The average Bonchev–Trinajstić information content (AvgIpc) is 3.58. The minimum Gasteiger partial charge on any atom is -0.446 e. The normalized spacial score (nSPS) is 14.2. The van der Waals surface area contributed by atoms with E-state index < -0.39 is 16.1 Å². The third-order valence-electron chi connectivity index (χ3n) is 7.18. The van der Waals surface area contributed by atoms with Crippen LogP contribution >= 0.6 is 11.3 Å². The van der Waals surface area contributed by atoms with Crippen molar-refractivity contribution in [1.82, 2.24) is 9.62 Å². The molecule has 1 aromatic heterocycles. The molecule has 5 rings (SSSR count). The highest BCUT2D eigenvalue weighted by Gasteiger charge is 2.23. The maximum Gasteiger partial charge on any atom is 0.411 e. The fourth-order valence-corrected chi connectivity index (χ4v) is 6.91. The van der Waals surface area contributed by atoms with Crippen molar-refractivity contribution < 1.29 is 22.7 Å². The highest BCUT2D eigenvalue weighted by molar-refractivity contribution is 7.91. The molecule has 0 atom stereocenters. The maximum absolute atomic E-state index is 12.7. The van der Waals surface area contributed by atoms with Gasteiger partial charge in [-0.3, -0.25) is 10.1 Å². The summed E-state index contributed by atoms with van der Waals surface area (Å²) in [7, 11) is -3.53. The van der Waals surface area contributed by atoms with Gasteiger partial charge in [-0.05, 0) is 53.6 Å². The van der Waals surface area contributed by atoms with E-state index in [-0.39, 0.29) is 22.8 Å². The molecule has 43 heavy (non-hydrogen) atoms. The first-order chi connectivity index (χ1) is 20.9. The molecule has 1 fully saturated rings. The maximum atomic E-state index is 12.7. The van der Waals surface area contributed by atoms with Crippen molar-refractivity contribution in [1.29, 1.82) is 0 Å². The predicted molar refractivity (Wildman–Crippen MR) is 169 cm³/mol. The Hall–Kier alpha value is -4.03. The van der Waals surface area contributed by atoms with Crippen molar-refractivity contribution in [3.05, 3.63) is 102 Å². The highest BCUT2D eigenvalue weighted by atomic mass is 32.2. The predicted octanol–water partition coefficient (Wildman–Crippen LogP) is 5.94. The lowest BCUT2D eigenvalue weighted by Gasteiger charge is -2.31. The molecule has 3 N–H and O–H groups in total. The number of piperidine rings is 1. The van der Waals surface area contributed by atoms with E-state index in [0.29, 0.717) is 37.2 Å². The Bertz CT molecular complexity index is 1600. The van der Waals surface area contributed by atoms with Gasteiger partial charge in [0.25, 0.3) is 0 Å². The Kier molecular flexibility index (Phi) is 10.2. The van der Waals surface area contributed by atoms with Gasteiger partial charge in [-0.1, -0.05) is 66.7 Å². The van der Waals surface area contributed by atoms with Crippen LogP contribution in [0, 0.1) is 0 Å². The fraction of sp³-hybridized carbons (Fsp3) is 0.250. The van der Waals surface area contributed by atoms with Gasteiger partial charge in [-0.15, -0.1) is 11.3 Å². The van der Waals surface area contributed by atoms with E-state index in [9.17, 15) is 18.0 Å². The summed E-state index contributed by atoms with van der Waals surface area (Å²) in [6, 6.07) is 27.9. The largest absolute Gasteiger partial charge is 0.446 e. The number of carbonyl (C=O) groups excluding carboxylic acids is 2. The Morgan fingerprint density at radius 1 is 0.860 bits per heavy atom. The number of ether oxygens (including phenoxy) is 1. The molecule has 0 bridgehead atoms. The Morgan fingerprint density at radius 3 is 2.30 bits per heavy atom. The van der Waals surface area contributed by atoms with Crippen LogP contribution in [0.4, 0.5) is 16.2 Å². The number of likely N-dealkylation sites (tertiary alicyclic amines) is 1. The third-order valence-corrected chi connectivity index (χ3v) is 9.97. The van der Waals surface area contributed by atoms with Crippen LogP contribution in [0.25, 0.3) is 11.1 Å². The number of anilines is 2. The van der Waals surface area contributed by atoms with Gasteiger partial charge in [0.15, 0.2) is 0 Å². The zero-order valence-electron chi connectivity index (χ0n) is 23.6. The van der Waals surface area contributed by atoms with E-state index >= 15 is 0 Å². The molecule has 3 aromatic carbocycles. The van der Waals surface area contributed by atoms with Gasteiger partial charge in [-0.2, -0.15) is 0 Å². The van der Waals surface area contributed by atoms with E-state index in [2.05, 4.69) is 20.3 Å². The van der Waals surface area contributed by atoms with Gasteiger partial charge in [0.2, 0.25) is 15.9 Å². The minimum atomic E-state index is -3.53. The van der Waals surface area contributed by atoms with Gasteiger partial charge < -0.3 is 15.0 Å². The molecule has 2 amide bonds. The number of thiophene rings is 1. The second-order valence-corrected chi connectivity index (χ2v) is 13.2. The van der Waals surface area contributed by atoms with Crippen LogP contribution in [0.2, 0.25) is 0 Å². The number of sulfonamides is 1. The molecule has 2 heterocycles. The zero-order chi connectivity index (χ0) is 30.1. The molecule has 4 aromatic rings. The molecule has 0 unspecified atom stereocenters. The summed E-state index contributed by atoms with van der Waals surface area (Å²) in [5, 5.41) is 7.51. The summed E-state index contributed by atoms with van der Waals surface area (Å²) in [5.41, 5.74) is 4.10. The van der Waals surface area contributed by atoms with Crippen molar-refractivity contribution in [3.8, 4) is 11.1 Å². The topological polar surface area (TPSA) is 117 Å². The first-order valence-electron chi connectivity index (χ1n) is 14.1. The number of amides is 2. The number of para-hydroxylation sites is 1. The van der Waals surface area contributed by atoms with Gasteiger partial charge in [-0.25, -0.2) is 17.9 Å². The van der Waals surface area contributed by atoms with Crippen LogP contribution in [0.15, 0.2) is 101 Å². The molecule has 224 valence electrons. The van der Waals surface area contributed by atoms with Crippen molar-refractivity contribution in [3.63, 3.8) is 0 Å². The van der Waals surface area contributed by atoms with Crippen LogP contribution in [0.3, 0.4) is 0 Å². The molecule has 11 heteroatoms. The van der Waals surface area contributed by atoms with Crippen LogP contribution in [0.1, 0.15) is 24.8 Å². The second kappa shape index (κ2) is 14.4. The van der Waals surface area contributed by atoms with Crippen molar-refractivity contribution >= 4 is 44.7 Å². The van der Waals surface area contributed by atoms with Gasteiger partial charge in [0.1, 0.15) is 10.3 Å². The molecular formula is C32H34N4O5S2. The molecule has 1 saturated heterocycles. The summed E-state index contributed by atoms with van der Waals surface area (Å²) >= 11 is 1.17. The van der Waals surface area contributed by atoms with Crippen LogP contribution in [-0.4, -0.2) is 51.1 Å². The van der Waals surface area contributed by atoms with Gasteiger partial charge in [0.05, 0.1) is 5.69 Å². The third kappa shape index (κ3) is 8.74. The van der Waals surface area contributed by atoms with E-state index in [1.807, 2.05) is 54.6 Å². The summed E-state index contributed by atoms with van der Waals surface area (Å²) in [6.45, 7) is 2.25. The molecule has 0 aliphatic carbocycles. The van der Waals surface area contributed by atoms with Crippen molar-refractivity contribution in [2.24, 2.45) is 0 Å². The molecule has 1 aliphatic rings. The second-order valence-electron chi connectivity index (χ2n) is 10.2. The fourth-order valence-electron chi connectivity index (χ4n) is 4.86. The van der Waals surface area contributed by atoms with Crippen molar-refractivity contribution in [2.75, 3.05) is 30.3 Å². The summed E-state index contributed by atoms with van der Waals surface area (Å²) in [5.74, 6) is -0.0963. The van der Waals surface area contributed by atoms with E-state index in [4.69, 9.17) is 4.74 Å². The first kappa shape index (κ1) is 30.4. The standard InChI is InChI=1S/C32H34N4O5S2/c37-30(34-26-14-12-24(13-15-26)23-33-43(39,40)31-11-6-22-42-31)18-21-36-19-16-27(17-20-36)41-32(38)35-29-10-5-4-9-28(29)25-7-2-1-3-8-25/h1-15,22,27,33H,16-21,23H2,(H,34,37)(H,35,38). The Labute approximate surface area is 255 Å². The summed E-state index contributed by atoms with van der Waals surface area (Å²) in [6.07, 6.45) is 1.10. The van der Waals surface area contributed by atoms with Crippen LogP contribution in [-0.2, 0) is 26.1 Å². The Morgan fingerprint density at radius 2 is 1.58 bits per heavy atom. The van der Waals surface area contributed by atoms with Crippen molar-refractivity contribution in [2.45, 2.75) is 36.1 Å². The van der Waals surface area contributed by atoms with E-state index in [1.165, 1.54) is 11.3 Å². The van der Waals surface area contributed by atoms with Gasteiger partial charge >= 0.3 is 6.09 Å². The minimum absolute atomic E-state index is 0.0963. The summed E-state index contributed by atoms with van der Waals surface area (Å²) in [4.78, 5) is 27.4. The number of carbonyl (C=O) groups is 2. The number of hydrogen-bond donors (Lipinski definition) is 3. The number of nitrogens with one attached hydrogen (secondary N) is 3. The SMILES string of the molecule is O=C(CCN1CCC(OC(=O)Nc2ccccc2-c2ccccc2)CC1)Nc1ccc(CNS(=O)(=O)c2cccs2)cc1. The number of nitrogens with zero attached hydrogens (tertiary/aromatic N) is 1. The molecule has 1 aliphatic heterocycles. The van der Waals surface area contributed by atoms with E-state index in [0.717, 1.165) is 29.8 Å². The zero-order valence-corrected chi connectivity index (χ0v) is 25.2. The summed E-state index contributed by atoms with van der Waals surface area (Å²) < 4.78 is 33.1. The number of rotatable bonds is 11. The molecular weight excluding hydrogens is 585 g/mol. The first-order valence-corrected chi connectivity index (χ1v) is 16.5. The van der Waals surface area contributed by atoms with Crippen LogP contribution < -0.4 is 15.4 Å². The van der Waals surface area contributed by atoms with Gasteiger partial charge in [0, 0.05) is 43.9 Å². The lowest BCUT2D eigenvalue weighted by molar-refractivity contribution is -0.116. The quantitative estimate of drug-likeness (QED) is 0.192. The number of benzene rings is 3. The smallest absolute Gasteiger partial charge is 0.411 e. The molecule has 0 saturated carbocycles. The Balaban J connectivity index is 1.00. The van der Waals surface area contributed by atoms with Crippen LogP contribution in [0.5, 0.6) is 0 Å².